The van der Waals surface area contributed by atoms with E-state index < -0.39 is 6.10 Å². The second-order valence-corrected chi connectivity index (χ2v) is 5.76. The third-order valence-electron chi connectivity index (χ3n) is 2.73. The van der Waals surface area contributed by atoms with Crippen LogP contribution in [0.4, 0.5) is 0 Å². The topological polar surface area (TPSA) is 64.3 Å². The van der Waals surface area contributed by atoms with Crippen molar-refractivity contribution in [2.45, 2.75) is 30.6 Å². The zero-order valence-electron chi connectivity index (χ0n) is 9.82. The molecule has 0 spiro atoms. The Morgan fingerprint density at radius 2 is 2.38 bits per heavy atom. The molecule has 2 atom stereocenters. The third-order valence-corrected chi connectivity index (χ3v) is 4.27. The SMILES string of the molecule is COC(CN)C(=O)NCC1(C)CCCS1.Cl. The predicted octanol–water partition coefficient (Wildman–Crippen LogP) is 0.784. The van der Waals surface area contributed by atoms with Crippen molar-refractivity contribution in [3.63, 3.8) is 0 Å². The van der Waals surface area contributed by atoms with Gasteiger partial charge in [0.1, 0.15) is 6.10 Å². The van der Waals surface area contributed by atoms with E-state index in [0.29, 0.717) is 6.54 Å². The number of hydrogen-bond acceptors (Lipinski definition) is 4. The number of nitrogens with one attached hydrogen (secondary N) is 1. The quantitative estimate of drug-likeness (QED) is 0.774. The van der Waals surface area contributed by atoms with E-state index in [1.807, 2.05) is 11.8 Å². The van der Waals surface area contributed by atoms with Crippen LogP contribution in [0.5, 0.6) is 0 Å². The highest BCUT2D eigenvalue weighted by Gasteiger charge is 2.30. The average Bonchev–Trinajstić information content (AvgIpc) is 2.65. The molecule has 0 aromatic carbocycles. The fourth-order valence-corrected chi connectivity index (χ4v) is 2.92. The van der Waals surface area contributed by atoms with Crippen LogP contribution in [0.25, 0.3) is 0 Å². The Bertz CT molecular complexity index is 219. The number of carbonyl (C=O) groups is 1. The van der Waals surface area contributed by atoms with Crippen LogP contribution in [-0.4, -0.2) is 42.7 Å². The molecule has 1 aliphatic rings. The maximum Gasteiger partial charge on any atom is 0.250 e. The van der Waals surface area contributed by atoms with E-state index in [4.69, 9.17) is 10.5 Å². The lowest BCUT2D eigenvalue weighted by molar-refractivity contribution is -0.130. The predicted molar refractivity (Wildman–Crippen MR) is 70.2 cm³/mol. The Labute approximate surface area is 107 Å². The van der Waals surface area contributed by atoms with Crippen LogP contribution in [0.15, 0.2) is 0 Å². The second-order valence-electron chi connectivity index (χ2n) is 4.08. The van der Waals surface area contributed by atoms with Gasteiger partial charge in [0.15, 0.2) is 0 Å². The largest absolute Gasteiger partial charge is 0.370 e. The molecule has 1 rings (SSSR count). The van der Waals surface area contributed by atoms with Crippen molar-refractivity contribution in [2.24, 2.45) is 5.73 Å². The molecule has 1 amide bonds. The Hall–Kier alpha value is 0.0300. The van der Waals surface area contributed by atoms with Crippen LogP contribution in [0.1, 0.15) is 19.8 Å². The van der Waals surface area contributed by atoms with Crippen molar-refractivity contribution in [3.8, 4) is 0 Å². The highest BCUT2D eigenvalue weighted by Crippen LogP contribution is 2.36. The summed E-state index contributed by atoms with van der Waals surface area (Å²) in [6, 6.07) is 0. The zero-order valence-corrected chi connectivity index (χ0v) is 11.5. The van der Waals surface area contributed by atoms with Gasteiger partial charge in [0, 0.05) is 24.9 Å². The van der Waals surface area contributed by atoms with Gasteiger partial charge in [0.2, 0.25) is 5.91 Å². The Morgan fingerprint density at radius 3 is 2.81 bits per heavy atom. The molecule has 0 radical (unpaired) electrons. The molecular weight excluding hydrogens is 248 g/mol. The normalized spacial score (nSPS) is 25.9. The third kappa shape index (κ3) is 4.49. The van der Waals surface area contributed by atoms with Crippen LogP contribution >= 0.6 is 24.2 Å². The van der Waals surface area contributed by atoms with Crippen molar-refractivity contribution < 1.29 is 9.53 Å². The van der Waals surface area contributed by atoms with E-state index in [1.54, 1.807) is 0 Å². The number of carbonyl (C=O) groups excluding carboxylic acids is 1. The number of amides is 1. The molecule has 2 unspecified atom stereocenters. The molecule has 1 saturated heterocycles. The molecule has 0 aromatic heterocycles. The summed E-state index contributed by atoms with van der Waals surface area (Å²) in [7, 11) is 1.50. The highest BCUT2D eigenvalue weighted by molar-refractivity contribution is 8.00. The average molecular weight is 269 g/mol. The molecule has 4 nitrogen and oxygen atoms in total. The summed E-state index contributed by atoms with van der Waals surface area (Å²) in [5.41, 5.74) is 5.41. The number of hydrogen-bond donors (Lipinski definition) is 2. The zero-order chi connectivity index (χ0) is 11.3. The molecule has 0 saturated carbocycles. The van der Waals surface area contributed by atoms with Crippen LogP contribution in [0, 0.1) is 0 Å². The molecule has 3 N–H and O–H groups in total. The first kappa shape index (κ1) is 16.0. The van der Waals surface area contributed by atoms with Gasteiger partial charge in [-0.05, 0) is 25.5 Å². The summed E-state index contributed by atoms with van der Waals surface area (Å²) >= 11 is 1.93. The van der Waals surface area contributed by atoms with Crippen molar-refractivity contribution in [1.82, 2.24) is 5.32 Å². The summed E-state index contributed by atoms with van der Waals surface area (Å²) in [5, 5.41) is 2.90. The van der Waals surface area contributed by atoms with Gasteiger partial charge in [-0.25, -0.2) is 0 Å². The molecule has 1 aliphatic heterocycles. The van der Waals surface area contributed by atoms with Crippen molar-refractivity contribution in [3.05, 3.63) is 0 Å². The molecule has 0 aliphatic carbocycles. The number of rotatable bonds is 5. The van der Waals surface area contributed by atoms with Crippen LogP contribution in [0.2, 0.25) is 0 Å². The van der Waals surface area contributed by atoms with Crippen LogP contribution in [0.3, 0.4) is 0 Å². The van der Waals surface area contributed by atoms with Gasteiger partial charge in [-0.3, -0.25) is 4.79 Å². The van der Waals surface area contributed by atoms with E-state index in [1.165, 1.54) is 19.3 Å². The summed E-state index contributed by atoms with van der Waals surface area (Å²) < 4.78 is 5.16. The minimum atomic E-state index is -0.514. The minimum absolute atomic E-state index is 0. The first-order chi connectivity index (χ1) is 7.11. The first-order valence-corrected chi connectivity index (χ1v) is 6.24. The van der Waals surface area contributed by atoms with E-state index in [0.717, 1.165) is 6.42 Å². The molecule has 0 bridgehead atoms. The lowest BCUT2D eigenvalue weighted by atomic mass is 10.1. The second kappa shape index (κ2) is 7.37. The minimum Gasteiger partial charge on any atom is -0.370 e. The lowest BCUT2D eigenvalue weighted by Crippen LogP contribution is -2.45. The number of thioether (sulfide) groups is 1. The molecule has 16 heavy (non-hydrogen) atoms. The summed E-state index contributed by atoms with van der Waals surface area (Å²) in [6.45, 7) is 3.12. The number of ether oxygens (including phenoxy) is 1. The standard InChI is InChI=1S/C10H20N2O2S.ClH/c1-10(4-3-5-15-10)7-12-9(13)8(6-11)14-2;/h8H,3-7,11H2,1-2H3,(H,12,13);1H. The fourth-order valence-electron chi connectivity index (χ4n) is 1.67. The van der Waals surface area contributed by atoms with Gasteiger partial charge in [0.25, 0.3) is 0 Å². The van der Waals surface area contributed by atoms with Crippen LogP contribution in [-0.2, 0) is 9.53 Å². The first-order valence-electron chi connectivity index (χ1n) is 5.26. The van der Waals surface area contributed by atoms with Gasteiger partial charge < -0.3 is 15.8 Å². The molecule has 0 aromatic rings. The van der Waals surface area contributed by atoms with Crippen LogP contribution < -0.4 is 11.1 Å². The van der Waals surface area contributed by atoms with Gasteiger partial charge in [-0.2, -0.15) is 11.8 Å². The van der Waals surface area contributed by atoms with Gasteiger partial charge in [-0.15, -0.1) is 12.4 Å². The van der Waals surface area contributed by atoms with E-state index in [-0.39, 0.29) is 29.6 Å². The Morgan fingerprint density at radius 1 is 1.69 bits per heavy atom. The Balaban J connectivity index is 0.00000225. The van der Waals surface area contributed by atoms with Gasteiger partial charge in [-0.1, -0.05) is 0 Å². The number of methoxy groups -OCH3 is 1. The maximum absolute atomic E-state index is 11.6. The monoisotopic (exact) mass is 268 g/mol. The molecule has 6 heteroatoms. The molecular formula is C10H21ClN2O2S. The summed E-state index contributed by atoms with van der Waals surface area (Å²) in [6.07, 6.45) is 1.89. The van der Waals surface area contributed by atoms with Crippen molar-refractivity contribution in [2.75, 3.05) is 26.0 Å². The number of halogens is 1. The maximum atomic E-state index is 11.6. The molecule has 96 valence electrons. The van der Waals surface area contributed by atoms with E-state index in [9.17, 15) is 4.79 Å². The summed E-state index contributed by atoms with van der Waals surface area (Å²) in [4.78, 5) is 11.6. The van der Waals surface area contributed by atoms with Crippen molar-refractivity contribution in [1.29, 1.82) is 0 Å². The van der Waals surface area contributed by atoms with Gasteiger partial charge >= 0.3 is 0 Å². The highest BCUT2D eigenvalue weighted by atomic mass is 35.5. The lowest BCUT2D eigenvalue weighted by Gasteiger charge is -2.24. The summed E-state index contributed by atoms with van der Waals surface area (Å²) in [5.74, 6) is 1.09. The molecule has 1 fully saturated rings. The van der Waals surface area contributed by atoms with Gasteiger partial charge in [0.05, 0.1) is 0 Å². The van der Waals surface area contributed by atoms with E-state index >= 15 is 0 Å². The molecule has 1 heterocycles. The smallest absolute Gasteiger partial charge is 0.250 e. The fraction of sp³-hybridized carbons (Fsp3) is 0.900. The Kier molecular flexibility index (Phi) is 7.39. The van der Waals surface area contributed by atoms with E-state index in [2.05, 4.69) is 12.2 Å². The van der Waals surface area contributed by atoms with Crippen molar-refractivity contribution >= 4 is 30.1 Å². The number of nitrogens with two attached hydrogens (primary N) is 1.